The van der Waals surface area contributed by atoms with Gasteiger partial charge in [0.25, 0.3) is 5.69 Å². The van der Waals surface area contributed by atoms with Crippen molar-refractivity contribution in [3.05, 3.63) is 69.8 Å². The van der Waals surface area contributed by atoms with Crippen LogP contribution in [0.4, 0.5) is 5.69 Å². The van der Waals surface area contributed by atoms with Crippen LogP contribution in [-0.2, 0) is 6.61 Å². The highest BCUT2D eigenvalue weighted by Gasteiger charge is 2.17. The molecule has 10 nitrogen and oxygen atoms in total. The number of nitrogens with one attached hydrogen (secondary N) is 1. The van der Waals surface area contributed by atoms with E-state index in [9.17, 15) is 10.1 Å². The van der Waals surface area contributed by atoms with E-state index >= 15 is 0 Å². The minimum absolute atomic E-state index is 0.00273. The summed E-state index contributed by atoms with van der Waals surface area (Å²) in [7, 11) is 0. The van der Waals surface area contributed by atoms with Crippen molar-refractivity contribution in [1.82, 2.24) is 15.2 Å². The topological polar surface area (TPSA) is 138 Å². The fourth-order valence-electron chi connectivity index (χ4n) is 2.74. The molecule has 10 heteroatoms. The predicted molar refractivity (Wildman–Crippen MR) is 109 cm³/mol. The SMILES string of the molecule is CCOc1ccc([C@@H](N)c2n[nH]c(COc3ccc([N+](=O)[O-])cc3)n2)cc1OCC. The van der Waals surface area contributed by atoms with Gasteiger partial charge in [0, 0.05) is 12.1 Å². The van der Waals surface area contributed by atoms with Crippen molar-refractivity contribution in [2.24, 2.45) is 5.73 Å². The molecule has 3 N–H and O–H groups in total. The van der Waals surface area contributed by atoms with E-state index in [0.29, 0.717) is 42.1 Å². The molecule has 0 unspecified atom stereocenters. The lowest BCUT2D eigenvalue weighted by atomic mass is 10.1. The van der Waals surface area contributed by atoms with Crippen LogP contribution in [0, 0.1) is 10.1 Å². The smallest absolute Gasteiger partial charge is 0.269 e. The Morgan fingerprint density at radius 3 is 2.43 bits per heavy atom. The zero-order valence-corrected chi connectivity index (χ0v) is 16.7. The van der Waals surface area contributed by atoms with Crippen molar-refractivity contribution < 1.29 is 19.1 Å². The summed E-state index contributed by atoms with van der Waals surface area (Å²) in [6, 6.07) is 10.7. The molecular formula is C20H23N5O5. The van der Waals surface area contributed by atoms with E-state index in [2.05, 4.69) is 15.2 Å². The fourth-order valence-corrected chi connectivity index (χ4v) is 2.74. The van der Waals surface area contributed by atoms with Crippen LogP contribution in [0.25, 0.3) is 0 Å². The van der Waals surface area contributed by atoms with Crippen LogP contribution in [0.3, 0.4) is 0 Å². The van der Waals surface area contributed by atoms with E-state index < -0.39 is 11.0 Å². The number of H-pyrrole nitrogens is 1. The highest BCUT2D eigenvalue weighted by atomic mass is 16.6. The van der Waals surface area contributed by atoms with Gasteiger partial charge < -0.3 is 19.9 Å². The Balaban J connectivity index is 1.67. The molecule has 1 aromatic heterocycles. The van der Waals surface area contributed by atoms with Gasteiger partial charge in [0.2, 0.25) is 0 Å². The Morgan fingerprint density at radius 1 is 1.07 bits per heavy atom. The van der Waals surface area contributed by atoms with Gasteiger partial charge >= 0.3 is 0 Å². The Hall–Kier alpha value is -3.66. The monoisotopic (exact) mass is 413 g/mol. The second-order valence-electron chi connectivity index (χ2n) is 6.23. The van der Waals surface area contributed by atoms with Gasteiger partial charge in [0.05, 0.1) is 24.2 Å². The summed E-state index contributed by atoms with van der Waals surface area (Å²) in [6.07, 6.45) is 0. The van der Waals surface area contributed by atoms with Gasteiger partial charge in [-0.05, 0) is 43.7 Å². The van der Waals surface area contributed by atoms with Crippen molar-refractivity contribution in [3.8, 4) is 17.2 Å². The first kappa shape index (κ1) is 21.1. The van der Waals surface area contributed by atoms with E-state index in [1.165, 1.54) is 24.3 Å². The summed E-state index contributed by atoms with van der Waals surface area (Å²) in [4.78, 5) is 14.6. The molecule has 0 aliphatic heterocycles. The molecule has 0 bridgehead atoms. The number of nitro benzene ring substituents is 1. The average molecular weight is 413 g/mol. The number of non-ortho nitro benzene ring substituents is 1. The van der Waals surface area contributed by atoms with Crippen molar-refractivity contribution >= 4 is 5.69 Å². The molecule has 0 aliphatic rings. The first-order valence-electron chi connectivity index (χ1n) is 9.45. The number of aromatic amines is 1. The number of hydrogen-bond acceptors (Lipinski definition) is 8. The lowest BCUT2D eigenvalue weighted by Crippen LogP contribution is -2.14. The molecule has 0 aliphatic carbocycles. The first-order valence-corrected chi connectivity index (χ1v) is 9.45. The molecule has 0 spiro atoms. The summed E-state index contributed by atoms with van der Waals surface area (Å²) in [5, 5.41) is 17.7. The van der Waals surface area contributed by atoms with Gasteiger partial charge in [0.1, 0.15) is 12.4 Å². The highest BCUT2D eigenvalue weighted by molar-refractivity contribution is 5.45. The van der Waals surface area contributed by atoms with Crippen LogP contribution in [-0.4, -0.2) is 33.3 Å². The van der Waals surface area contributed by atoms with Gasteiger partial charge in [0.15, 0.2) is 23.1 Å². The standard InChI is InChI=1S/C20H23N5O5/c1-3-28-16-10-5-13(11-17(16)29-4-2)19(21)20-22-18(23-24-20)12-30-15-8-6-14(7-9-15)25(26)27/h5-11,19H,3-4,12,21H2,1-2H3,(H,22,23,24)/t19-/m1/s1. The number of rotatable bonds is 10. The summed E-state index contributed by atoms with van der Waals surface area (Å²) in [6.45, 7) is 4.96. The maximum atomic E-state index is 10.7. The van der Waals surface area contributed by atoms with Gasteiger partial charge in [-0.1, -0.05) is 6.07 Å². The third kappa shape index (κ3) is 5.03. The van der Waals surface area contributed by atoms with E-state index in [1.54, 1.807) is 0 Å². The zero-order valence-electron chi connectivity index (χ0n) is 16.7. The second kappa shape index (κ2) is 9.70. The molecule has 0 radical (unpaired) electrons. The molecule has 0 amide bonds. The van der Waals surface area contributed by atoms with Crippen LogP contribution in [0.1, 0.15) is 37.1 Å². The van der Waals surface area contributed by atoms with Crippen LogP contribution < -0.4 is 19.9 Å². The van der Waals surface area contributed by atoms with Gasteiger partial charge in [-0.2, -0.15) is 5.10 Å². The number of nitrogens with two attached hydrogens (primary N) is 1. The normalized spacial score (nSPS) is 11.7. The number of ether oxygens (including phenoxy) is 3. The minimum Gasteiger partial charge on any atom is -0.490 e. The fraction of sp³-hybridized carbons (Fsp3) is 0.300. The average Bonchev–Trinajstić information content (AvgIpc) is 3.22. The number of hydrogen-bond donors (Lipinski definition) is 2. The third-order valence-electron chi connectivity index (χ3n) is 4.18. The quantitative estimate of drug-likeness (QED) is 0.382. The van der Waals surface area contributed by atoms with E-state index in [1.807, 2.05) is 32.0 Å². The minimum atomic E-state index is -0.566. The first-order chi connectivity index (χ1) is 14.5. The number of benzene rings is 2. The molecule has 0 saturated heterocycles. The predicted octanol–water partition coefficient (Wildman–Crippen LogP) is 3.14. The molecule has 0 saturated carbocycles. The molecular weight excluding hydrogens is 390 g/mol. The van der Waals surface area contributed by atoms with Gasteiger partial charge in [-0.15, -0.1) is 0 Å². The maximum Gasteiger partial charge on any atom is 0.269 e. The van der Waals surface area contributed by atoms with Crippen molar-refractivity contribution in [3.63, 3.8) is 0 Å². The van der Waals surface area contributed by atoms with Gasteiger partial charge in [-0.25, -0.2) is 4.98 Å². The summed E-state index contributed by atoms with van der Waals surface area (Å²) >= 11 is 0. The largest absolute Gasteiger partial charge is 0.490 e. The lowest BCUT2D eigenvalue weighted by Gasteiger charge is -2.14. The Kier molecular flexibility index (Phi) is 6.81. The van der Waals surface area contributed by atoms with E-state index in [4.69, 9.17) is 19.9 Å². The Bertz CT molecular complexity index is 990. The summed E-state index contributed by atoms with van der Waals surface area (Å²) < 4.78 is 16.8. The molecule has 158 valence electrons. The molecule has 30 heavy (non-hydrogen) atoms. The molecule has 3 rings (SSSR count). The lowest BCUT2D eigenvalue weighted by molar-refractivity contribution is -0.384. The number of nitrogens with zero attached hydrogens (tertiary/aromatic N) is 3. The third-order valence-corrected chi connectivity index (χ3v) is 4.18. The molecule has 2 aromatic carbocycles. The molecule has 3 aromatic rings. The molecule has 1 atom stereocenters. The van der Waals surface area contributed by atoms with Crippen molar-refractivity contribution in [1.29, 1.82) is 0 Å². The highest BCUT2D eigenvalue weighted by Crippen LogP contribution is 2.31. The number of aromatic nitrogens is 3. The molecule has 1 heterocycles. The molecule has 0 fully saturated rings. The van der Waals surface area contributed by atoms with Crippen LogP contribution >= 0.6 is 0 Å². The zero-order chi connectivity index (χ0) is 21.5. The van der Waals surface area contributed by atoms with Crippen molar-refractivity contribution in [2.45, 2.75) is 26.5 Å². The van der Waals surface area contributed by atoms with Crippen LogP contribution in [0.2, 0.25) is 0 Å². The maximum absolute atomic E-state index is 10.7. The van der Waals surface area contributed by atoms with Crippen LogP contribution in [0.15, 0.2) is 42.5 Å². The van der Waals surface area contributed by atoms with E-state index in [0.717, 1.165) is 5.56 Å². The van der Waals surface area contributed by atoms with Gasteiger partial charge in [-0.3, -0.25) is 15.2 Å². The summed E-state index contributed by atoms with van der Waals surface area (Å²) in [5.74, 6) is 2.64. The Labute approximate surface area is 173 Å². The Morgan fingerprint density at radius 2 is 1.77 bits per heavy atom. The second-order valence-corrected chi connectivity index (χ2v) is 6.23. The van der Waals surface area contributed by atoms with Crippen LogP contribution in [0.5, 0.6) is 17.2 Å². The van der Waals surface area contributed by atoms with Crippen molar-refractivity contribution in [2.75, 3.05) is 13.2 Å². The van der Waals surface area contributed by atoms with E-state index in [-0.39, 0.29) is 12.3 Å². The summed E-state index contributed by atoms with van der Waals surface area (Å²) in [5.41, 5.74) is 7.10. The number of nitro groups is 1.